The van der Waals surface area contributed by atoms with Crippen LogP contribution in [0.1, 0.15) is 46.0 Å². The molecule has 4 fully saturated rings. The molecule has 9 atom stereocenters. The molecule has 0 aromatic heterocycles. The van der Waals surface area contributed by atoms with Crippen molar-refractivity contribution in [2.45, 2.75) is 62.3 Å². The average molecular weight is 404 g/mol. The van der Waals surface area contributed by atoms with Crippen LogP contribution in [-0.2, 0) is 14.3 Å². The normalized spacial score (nSPS) is 49.2. The molecule has 0 aliphatic heterocycles. The van der Waals surface area contributed by atoms with Gasteiger partial charge < -0.3 is 9.47 Å². The van der Waals surface area contributed by atoms with Crippen molar-refractivity contribution in [1.29, 1.82) is 0 Å². The third-order valence-electron chi connectivity index (χ3n) is 6.65. The van der Waals surface area contributed by atoms with E-state index in [0.717, 1.165) is 35.5 Å². The van der Waals surface area contributed by atoms with E-state index in [0.29, 0.717) is 6.10 Å². The van der Waals surface area contributed by atoms with E-state index >= 15 is 0 Å². The Labute approximate surface area is 140 Å². The van der Waals surface area contributed by atoms with Gasteiger partial charge in [0.15, 0.2) is 6.29 Å². The van der Waals surface area contributed by atoms with E-state index in [1.807, 2.05) is 13.8 Å². The molecule has 4 aliphatic carbocycles. The van der Waals surface area contributed by atoms with Crippen LogP contribution in [0.4, 0.5) is 0 Å². The van der Waals surface area contributed by atoms with Crippen molar-refractivity contribution in [3.63, 3.8) is 0 Å². The zero-order valence-electron chi connectivity index (χ0n) is 12.8. The summed E-state index contributed by atoms with van der Waals surface area (Å²) in [5, 5.41) is 0. The maximum atomic E-state index is 11.7. The number of esters is 1. The highest BCUT2D eigenvalue weighted by Gasteiger charge is 2.62. The van der Waals surface area contributed by atoms with Crippen LogP contribution < -0.4 is 0 Å². The smallest absolute Gasteiger partial charge is 0.320 e. The van der Waals surface area contributed by atoms with Gasteiger partial charge in [-0.05, 0) is 81.5 Å². The predicted molar refractivity (Wildman–Crippen MR) is 87.9 cm³/mol. The van der Waals surface area contributed by atoms with Crippen molar-refractivity contribution in [2.75, 3.05) is 0 Å². The Hall–Kier alpha value is 0.160. The van der Waals surface area contributed by atoms with Crippen molar-refractivity contribution in [3.05, 3.63) is 0 Å². The van der Waals surface area contributed by atoms with Crippen LogP contribution in [0.3, 0.4) is 0 Å². The lowest BCUT2D eigenvalue weighted by Crippen LogP contribution is -2.38. The first-order valence-electron chi connectivity index (χ1n) is 8.54. The molecule has 0 amide bonds. The first kappa shape index (κ1) is 14.7. The topological polar surface area (TPSA) is 35.5 Å². The predicted octanol–water partition coefficient (Wildman–Crippen LogP) is 3.79. The Morgan fingerprint density at radius 3 is 2.48 bits per heavy atom. The summed E-state index contributed by atoms with van der Waals surface area (Å²) in [5.74, 6) is 5.43. The summed E-state index contributed by atoms with van der Waals surface area (Å²) in [6.45, 7) is 3.73. The Balaban J connectivity index is 1.37. The molecule has 0 heterocycles. The van der Waals surface area contributed by atoms with Crippen LogP contribution in [0, 0.1) is 35.5 Å². The fourth-order valence-electron chi connectivity index (χ4n) is 6.19. The fraction of sp³-hybridized carbons (Fsp3) is 0.941. The second-order valence-electron chi connectivity index (χ2n) is 7.68. The number of alkyl halides is 1. The zero-order valence-corrected chi connectivity index (χ0v) is 15.0. The Kier molecular flexibility index (Phi) is 3.76. The Morgan fingerprint density at radius 1 is 1.05 bits per heavy atom. The Morgan fingerprint density at radius 2 is 1.76 bits per heavy atom. The molecular formula is C17H25IO3. The number of ether oxygens (including phenoxy) is 2. The standard InChI is InChI=1S/C17H25IO3/c1-8(18)17(19)21-9(2)20-14-7-12-6-13(14)16-11-4-3-10(5-11)15(12)16/h8-16H,3-7H2,1-2H3. The van der Waals surface area contributed by atoms with E-state index in [9.17, 15) is 4.79 Å². The quantitative estimate of drug-likeness (QED) is 0.235. The molecule has 118 valence electrons. The third-order valence-corrected chi connectivity index (χ3v) is 7.15. The monoisotopic (exact) mass is 404 g/mol. The number of hydrogen-bond acceptors (Lipinski definition) is 3. The lowest BCUT2D eigenvalue weighted by Gasteiger charge is -2.39. The van der Waals surface area contributed by atoms with Gasteiger partial charge in [-0.25, -0.2) is 0 Å². The van der Waals surface area contributed by atoms with Gasteiger partial charge in [-0.2, -0.15) is 0 Å². The van der Waals surface area contributed by atoms with Crippen molar-refractivity contribution in [1.82, 2.24) is 0 Å². The van der Waals surface area contributed by atoms with Crippen LogP contribution in [0.5, 0.6) is 0 Å². The molecule has 0 radical (unpaired) electrons. The van der Waals surface area contributed by atoms with Crippen LogP contribution in [0.2, 0.25) is 0 Å². The third kappa shape index (κ3) is 2.35. The molecule has 21 heavy (non-hydrogen) atoms. The highest BCUT2D eigenvalue weighted by Crippen LogP contribution is 2.67. The van der Waals surface area contributed by atoms with E-state index < -0.39 is 6.29 Å². The van der Waals surface area contributed by atoms with Gasteiger partial charge >= 0.3 is 5.97 Å². The molecular weight excluding hydrogens is 379 g/mol. The van der Waals surface area contributed by atoms with Crippen LogP contribution >= 0.6 is 22.6 Å². The van der Waals surface area contributed by atoms with Crippen molar-refractivity contribution in [2.24, 2.45) is 35.5 Å². The fourth-order valence-corrected chi connectivity index (χ4v) is 6.34. The van der Waals surface area contributed by atoms with E-state index in [1.54, 1.807) is 0 Å². The van der Waals surface area contributed by atoms with Crippen molar-refractivity contribution < 1.29 is 14.3 Å². The lowest BCUT2D eigenvalue weighted by molar-refractivity contribution is -0.192. The molecule has 0 aromatic rings. The summed E-state index contributed by atoms with van der Waals surface area (Å²) in [6, 6.07) is 0. The SMILES string of the molecule is CC(OC(=O)C(C)I)OC1CC2CC1C1C3CCC(C3)C21. The molecule has 4 bridgehead atoms. The number of halogens is 1. The number of carbonyl (C=O) groups excluding carboxylic acids is 1. The molecule has 0 spiro atoms. The number of carbonyl (C=O) groups is 1. The summed E-state index contributed by atoms with van der Waals surface area (Å²) in [5.41, 5.74) is 0. The molecule has 3 nitrogen and oxygen atoms in total. The number of fused-ring (bicyclic) bond motifs is 9. The summed E-state index contributed by atoms with van der Waals surface area (Å²) in [6.07, 6.45) is 6.96. The minimum absolute atomic E-state index is 0.108. The first-order valence-corrected chi connectivity index (χ1v) is 9.79. The first-order chi connectivity index (χ1) is 10.0. The zero-order chi connectivity index (χ0) is 14.7. The summed E-state index contributed by atoms with van der Waals surface area (Å²) in [4.78, 5) is 11.7. The second-order valence-corrected chi connectivity index (χ2v) is 9.55. The van der Waals surface area contributed by atoms with Crippen molar-refractivity contribution >= 4 is 28.6 Å². The maximum absolute atomic E-state index is 11.7. The van der Waals surface area contributed by atoms with Gasteiger partial charge in [0.1, 0.15) is 3.92 Å². The molecule has 0 saturated heterocycles. The highest BCUT2D eigenvalue weighted by atomic mass is 127. The Bertz CT molecular complexity index is 438. The lowest BCUT2D eigenvalue weighted by atomic mass is 9.70. The second kappa shape index (κ2) is 5.36. The minimum Gasteiger partial charge on any atom is -0.435 e. The largest absolute Gasteiger partial charge is 0.435 e. The van der Waals surface area contributed by atoms with Crippen LogP contribution in [0.15, 0.2) is 0 Å². The molecule has 0 N–H and O–H groups in total. The number of hydrogen-bond donors (Lipinski definition) is 0. The molecule has 9 unspecified atom stereocenters. The van der Waals surface area contributed by atoms with Crippen LogP contribution in [-0.4, -0.2) is 22.3 Å². The van der Waals surface area contributed by atoms with Gasteiger partial charge in [0, 0.05) is 0 Å². The molecule has 4 rings (SSSR count). The summed E-state index contributed by atoms with van der Waals surface area (Å²) >= 11 is 2.09. The van der Waals surface area contributed by atoms with Gasteiger partial charge in [0.2, 0.25) is 0 Å². The molecule has 4 heteroatoms. The van der Waals surface area contributed by atoms with Crippen molar-refractivity contribution in [3.8, 4) is 0 Å². The van der Waals surface area contributed by atoms with E-state index in [4.69, 9.17) is 9.47 Å². The van der Waals surface area contributed by atoms with Crippen LogP contribution in [0.25, 0.3) is 0 Å². The number of rotatable bonds is 4. The average Bonchev–Trinajstić information content (AvgIpc) is 3.16. The van der Waals surface area contributed by atoms with Gasteiger partial charge in [-0.15, -0.1) is 0 Å². The summed E-state index contributed by atoms with van der Waals surface area (Å²) in [7, 11) is 0. The molecule has 4 aliphatic rings. The minimum atomic E-state index is -0.392. The van der Waals surface area contributed by atoms with E-state index in [-0.39, 0.29) is 9.89 Å². The van der Waals surface area contributed by atoms with E-state index in [2.05, 4.69) is 22.6 Å². The van der Waals surface area contributed by atoms with Gasteiger partial charge in [-0.1, -0.05) is 22.6 Å². The molecule has 4 saturated carbocycles. The van der Waals surface area contributed by atoms with Gasteiger partial charge in [-0.3, -0.25) is 4.79 Å². The van der Waals surface area contributed by atoms with Gasteiger partial charge in [0.25, 0.3) is 0 Å². The maximum Gasteiger partial charge on any atom is 0.320 e. The molecule has 0 aromatic carbocycles. The van der Waals surface area contributed by atoms with Gasteiger partial charge in [0.05, 0.1) is 6.10 Å². The summed E-state index contributed by atoms with van der Waals surface area (Å²) < 4.78 is 11.4. The van der Waals surface area contributed by atoms with E-state index in [1.165, 1.54) is 32.1 Å². The highest BCUT2D eigenvalue weighted by molar-refractivity contribution is 14.1.